The minimum atomic E-state index is -0.323. The number of carbonyl (C=O) groups is 3. The zero-order chi connectivity index (χ0) is 22.1. The van der Waals surface area contributed by atoms with Crippen LogP contribution in [0.5, 0.6) is 0 Å². The molecular weight excluding hydrogens is 408 g/mol. The van der Waals surface area contributed by atoms with Gasteiger partial charge in [0.15, 0.2) is 0 Å². The van der Waals surface area contributed by atoms with Crippen LogP contribution in [0, 0.1) is 23.7 Å². The fourth-order valence-corrected chi connectivity index (χ4v) is 7.49. The molecule has 0 radical (unpaired) electrons. The highest BCUT2D eigenvalue weighted by Crippen LogP contribution is 2.55. The molecule has 1 atom stereocenters. The van der Waals surface area contributed by atoms with Crippen molar-refractivity contribution in [2.75, 3.05) is 45.9 Å². The Morgan fingerprint density at radius 1 is 0.938 bits per heavy atom. The summed E-state index contributed by atoms with van der Waals surface area (Å²) in [5.74, 6) is 2.26. The van der Waals surface area contributed by atoms with Gasteiger partial charge in [-0.3, -0.25) is 14.9 Å². The van der Waals surface area contributed by atoms with Crippen molar-refractivity contribution in [3.05, 3.63) is 0 Å². The van der Waals surface area contributed by atoms with Gasteiger partial charge in [-0.05, 0) is 75.7 Å². The molecule has 6 rings (SSSR count). The monoisotopic (exact) mass is 446 g/mol. The molecule has 0 aromatic carbocycles. The van der Waals surface area contributed by atoms with Crippen LogP contribution >= 0.6 is 0 Å². The fraction of sp³-hybridized carbons (Fsp3) is 0.875. The average molecular weight is 447 g/mol. The summed E-state index contributed by atoms with van der Waals surface area (Å²) in [4.78, 5) is 42.0. The number of hydrogen-bond acceptors (Lipinski definition) is 5. The highest BCUT2D eigenvalue weighted by molar-refractivity contribution is 5.94. The van der Waals surface area contributed by atoms with Gasteiger partial charge in [0, 0.05) is 38.1 Å². The first-order valence-electron chi connectivity index (χ1n) is 12.7. The third kappa shape index (κ3) is 4.96. The van der Waals surface area contributed by atoms with E-state index in [4.69, 9.17) is 4.74 Å². The molecule has 2 N–H and O–H groups in total. The quantitative estimate of drug-likeness (QED) is 0.671. The van der Waals surface area contributed by atoms with Gasteiger partial charge in [-0.15, -0.1) is 0 Å². The van der Waals surface area contributed by atoms with Crippen molar-refractivity contribution < 1.29 is 19.1 Å². The lowest BCUT2D eigenvalue weighted by Gasteiger charge is -2.56. The Labute approximate surface area is 190 Å². The van der Waals surface area contributed by atoms with E-state index in [0.29, 0.717) is 39.4 Å². The summed E-state index contributed by atoms with van der Waals surface area (Å²) in [5, 5.41) is 5.78. The molecule has 4 amide bonds. The summed E-state index contributed by atoms with van der Waals surface area (Å²) in [6, 6.07) is -0.323. The van der Waals surface area contributed by atoms with Crippen molar-refractivity contribution in [3.63, 3.8) is 0 Å². The molecule has 4 bridgehead atoms. The summed E-state index contributed by atoms with van der Waals surface area (Å²) >= 11 is 0. The van der Waals surface area contributed by atoms with Gasteiger partial charge in [-0.2, -0.15) is 0 Å². The van der Waals surface area contributed by atoms with E-state index < -0.39 is 0 Å². The first kappa shape index (κ1) is 22.1. The second-order valence-electron chi connectivity index (χ2n) is 11.0. The van der Waals surface area contributed by atoms with Crippen LogP contribution in [0.2, 0.25) is 0 Å². The number of piperidine rings is 1. The second-order valence-corrected chi connectivity index (χ2v) is 11.0. The number of hydrogen-bond donors (Lipinski definition) is 2. The molecule has 32 heavy (non-hydrogen) atoms. The molecular formula is C24H38N4O4. The van der Waals surface area contributed by atoms with E-state index in [1.165, 1.54) is 19.3 Å². The standard InChI is InChI=1S/C24H38N4O4/c29-21(25-23(31)26-24-13-17-10-18(14-24)12-19(11-17)15-24)3-5-27-4-1-2-20(16-27)22(30)28-6-8-32-9-7-28/h17-20H,1-16H2,(H2,25,26,29,31)/t17?,18?,19?,20-,24?/m1/s1. The van der Waals surface area contributed by atoms with Crippen molar-refractivity contribution in [1.29, 1.82) is 0 Å². The molecule has 6 aliphatic rings. The number of nitrogens with zero attached hydrogens (tertiary/aromatic N) is 2. The molecule has 178 valence electrons. The fourth-order valence-electron chi connectivity index (χ4n) is 7.49. The second kappa shape index (κ2) is 9.29. The van der Waals surface area contributed by atoms with Gasteiger partial charge in [-0.1, -0.05) is 0 Å². The summed E-state index contributed by atoms with van der Waals surface area (Å²) in [6.07, 6.45) is 9.37. The predicted octanol–water partition coefficient (Wildman–Crippen LogP) is 1.74. The molecule has 0 aromatic heterocycles. The largest absolute Gasteiger partial charge is 0.378 e. The Bertz CT molecular complexity index is 700. The van der Waals surface area contributed by atoms with Gasteiger partial charge in [0.05, 0.1) is 19.1 Å². The number of carbonyl (C=O) groups excluding carboxylic acids is 3. The molecule has 2 aliphatic heterocycles. The van der Waals surface area contributed by atoms with Crippen molar-refractivity contribution >= 4 is 17.8 Å². The van der Waals surface area contributed by atoms with Gasteiger partial charge in [-0.25, -0.2) is 4.79 Å². The number of nitrogens with one attached hydrogen (secondary N) is 2. The van der Waals surface area contributed by atoms with E-state index in [0.717, 1.165) is 56.4 Å². The van der Waals surface area contributed by atoms with Gasteiger partial charge < -0.3 is 19.9 Å². The van der Waals surface area contributed by atoms with Crippen LogP contribution < -0.4 is 10.6 Å². The molecule has 4 aliphatic carbocycles. The van der Waals surface area contributed by atoms with Crippen molar-refractivity contribution in [3.8, 4) is 0 Å². The Morgan fingerprint density at radius 3 is 2.25 bits per heavy atom. The highest BCUT2D eigenvalue weighted by atomic mass is 16.5. The van der Waals surface area contributed by atoms with Crippen LogP contribution in [0.1, 0.15) is 57.8 Å². The lowest BCUT2D eigenvalue weighted by molar-refractivity contribution is -0.141. The average Bonchev–Trinajstić information content (AvgIpc) is 2.76. The summed E-state index contributed by atoms with van der Waals surface area (Å²) in [5.41, 5.74) is -0.0843. The number of ether oxygens (including phenoxy) is 1. The maximum atomic E-state index is 12.8. The molecule has 2 saturated heterocycles. The molecule has 0 spiro atoms. The van der Waals surface area contributed by atoms with E-state index in [2.05, 4.69) is 15.5 Å². The van der Waals surface area contributed by atoms with Crippen LogP contribution in [-0.4, -0.2) is 79.1 Å². The van der Waals surface area contributed by atoms with E-state index in [1.54, 1.807) is 0 Å². The Morgan fingerprint density at radius 2 is 1.59 bits per heavy atom. The number of amides is 4. The maximum absolute atomic E-state index is 12.8. The molecule has 0 unspecified atom stereocenters. The minimum Gasteiger partial charge on any atom is -0.378 e. The topological polar surface area (TPSA) is 91.0 Å². The Balaban J connectivity index is 1.05. The van der Waals surface area contributed by atoms with Crippen LogP contribution in [0.3, 0.4) is 0 Å². The van der Waals surface area contributed by atoms with E-state index in [-0.39, 0.29) is 35.7 Å². The van der Waals surface area contributed by atoms with Gasteiger partial charge in [0.25, 0.3) is 0 Å². The normalized spacial score (nSPS) is 36.7. The molecule has 8 heteroatoms. The first-order chi connectivity index (χ1) is 15.5. The van der Waals surface area contributed by atoms with E-state index in [9.17, 15) is 14.4 Å². The molecule has 6 fully saturated rings. The number of urea groups is 1. The zero-order valence-electron chi connectivity index (χ0n) is 19.2. The van der Waals surface area contributed by atoms with Crippen LogP contribution in [-0.2, 0) is 14.3 Å². The predicted molar refractivity (Wildman–Crippen MR) is 119 cm³/mol. The number of imide groups is 1. The summed E-state index contributed by atoms with van der Waals surface area (Å²) in [7, 11) is 0. The van der Waals surface area contributed by atoms with Crippen LogP contribution in [0.4, 0.5) is 4.79 Å². The van der Waals surface area contributed by atoms with Gasteiger partial charge >= 0.3 is 6.03 Å². The van der Waals surface area contributed by atoms with Crippen LogP contribution in [0.25, 0.3) is 0 Å². The van der Waals surface area contributed by atoms with E-state index >= 15 is 0 Å². The minimum absolute atomic E-state index is 0.00398. The number of rotatable bonds is 5. The SMILES string of the molecule is O=C(CCN1CCC[C@@H](C(=O)N2CCOCC2)C1)NC(=O)NC12CC3CC(CC(C3)C1)C2. The lowest BCUT2D eigenvalue weighted by Crippen LogP contribution is -2.61. The van der Waals surface area contributed by atoms with Crippen molar-refractivity contribution in [2.45, 2.75) is 63.3 Å². The molecule has 0 aromatic rings. The Kier molecular flexibility index (Phi) is 6.43. The van der Waals surface area contributed by atoms with Crippen molar-refractivity contribution in [2.24, 2.45) is 23.7 Å². The molecule has 8 nitrogen and oxygen atoms in total. The van der Waals surface area contributed by atoms with Crippen molar-refractivity contribution in [1.82, 2.24) is 20.4 Å². The zero-order valence-corrected chi connectivity index (χ0v) is 19.2. The van der Waals surface area contributed by atoms with E-state index in [1.807, 2.05) is 4.90 Å². The molecule has 4 saturated carbocycles. The van der Waals surface area contributed by atoms with Gasteiger partial charge in [0.1, 0.15) is 0 Å². The Hall–Kier alpha value is -1.67. The van der Waals surface area contributed by atoms with Crippen LogP contribution in [0.15, 0.2) is 0 Å². The number of morpholine rings is 1. The highest BCUT2D eigenvalue weighted by Gasteiger charge is 2.51. The molecule has 2 heterocycles. The van der Waals surface area contributed by atoms with Gasteiger partial charge in [0.2, 0.25) is 11.8 Å². The maximum Gasteiger partial charge on any atom is 0.321 e. The summed E-state index contributed by atoms with van der Waals surface area (Å²) < 4.78 is 5.35. The first-order valence-corrected chi connectivity index (χ1v) is 12.7. The smallest absolute Gasteiger partial charge is 0.321 e. The third-order valence-electron chi connectivity index (χ3n) is 8.50. The third-order valence-corrected chi connectivity index (χ3v) is 8.50. The number of likely N-dealkylation sites (tertiary alicyclic amines) is 1. The summed E-state index contributed by atoms with van der Waals surface area (Å²) in [6.45, 7) is 4.78. The lowest BCUT2D eigenvalue weighted by atomic mass is 9.53.